The number of rotatable bonds is 6. The second kappa shape index (κ2) is 9.21. The molecule has 0 atom stereocenters. The number of hydrogen-bond donors (Lipinski definition) is 3. The monoisotopic (exact) mass is 482 g/mol. The van der Waals surface area contributed by atoms with Crippen molar-refractivity contribution in [3.63, 3.8) is 0 Å². The van der Waals surface area contributed by atoms with E-state index in [0.717, 1.165) is 30.0 Å². The van der Waals surface area contributed by atoms with Crippen molar-refractivity contribution >= 4 is 28.6 Å². The lowest BCUT2D eigenvalue weighted by Gasteiger charge is -2.22. The normalized spacial score (nSPS) is 15.0. The van der Waals surface area contributed by atoms with Crippen LogP contribution in [0.4, 0.5) is 26.4 Å². The van der Waals surface area contributed by atoms with E-state index < -0.39 is 11.6 Å². The SMILES string of the molecule is CC(C)(C)c1cc(Nc2nc(NCc3ccc(F)cc3F)nc3c2cnn3C2CCOCC2)n[nH]1. The summed E-state index contributed by atoms with van der Waals surface area (Å²) in [7, 11) is 0. The van der Waals surface area contributed by atoms with Gasteiger partial charge in [0.15, 0.2) is 11.5 Å². The molecular weight excluding hydrogens is 454 g/mol. The Bertz CT molecular complexity index is 1340. The van der Waals surface area contributed by atoms with Gasteiger partial charge in [0.2, 0.25) is 5.95 Å². The van der Waals surface area contributed by atoms with E-state index in [4.69, 9.17) is 9.72 Å². The zero-order valence-electron chi connectivity index (χ0n) is 19.9. The topological polar surface area (TPSA) is 106 Å². The Balaban J connectivity index is 1.50. The molecule has 1 aliphatic rings. The summed E-state index contributed by atoms with van der Waals surface area (Å²) in [6.07, 6.45) is 3.41. The number of aromatic amines is 1. The van der Waals surface area contributed by atoms with Crippen molar-refractivity contribution in [2.24, 2.45) is 0 Å². The van der Waals surface area contributed by atoms with E-state index in [-0.39, 0.29) is 18.0 Å². The summed E-state index contributed by atoms with van der Waals surface area (Å²) in [4.78, 5) is 9.32. The van der Waals surface area contributed by atoms with Gasteiger partial charge in [-0.05, 0) is 18.9 Å². The molecule has 35 heavy (non-hydrogen) atoms. The molecule has 0 aliphatic carbocycles. The number of ether oxygens (including phenoxy) is 1. The zero-order valence-corrected chi connectivity index (χ0v) is 19.9. The van der Waals surface area contributed by atoms with Crippen LogP contribution in [0.2, 0.25) is 0 Å². The summed E-state index contributed by atoms with van der Waals surface area (Å²) in [6.45, 7) is 7.73. The molecule has 1 aliphatic heterocycles. The fraction of sp³-hybridized carbons (Fsp3) is 0.417. The third-order valence-electron chi connectivity index (χ3n) is 6.07. The van der Waals surface area contributed by atoms with E-state index in [2.05, 4.69) is 51.7 Å². The summed E-state index contributed by atoms with van der Waals surface area (Å²) in [5, 5.41) is 19.1. The van der Waals surface area contributed by atoms with Crippen LogP contribution in [0.3, 0.4) is 0 Å². The minimum absolute atomic E-state index is 0.0895. The maximum absolute atomic E-state index is 14.2. The largest absolute Gasteiger partial charge is 0.381 e. The lowest BCUT2D eigenvalue weighted by Crippen LogP contribution is -2.21. The molecule has 0 unspecified atom stereocenters. The third kappa shape index (κ3) is 4.95. The Morgan fingerprint density at radius 3 is 2.66 bits per heavy atom. The van der Waals surface area contributed by atoms with Crippen LogP contribution in [0.25, 0.3) is 11.0 Å². The number of benzene rings is 1. The van der Waals surface area contributed by atoms with Gasteiger partial charge in [-0.15, -0.1) is 0 Å². The highest BCUT2D eigenvalue weighted by Gasteiger charge is 2.23. The van der Waals surface area contributed by atoms with Gasteiger partial charge in [-0.2, -0.15) is 20.2 Å². The van der Waals surface area contributed by atoms with Gasteiger partial charge in [-0.3, -0.25) is 5.10 Å². The first kappa shape index (κ1) is 23.2. The van der Waals surface area contributed by atoms with Crippen molar-refractivity contribution in [2.45, 2.75) is 51.6 Å². The van der Waals surface area contributed by atoms with Crippen LogP contribution >= 0.6 is 0 Å². The molecule has 184 valence electrons. The summed E-state index contributed by atoms with van der Waals surface area (Å²) >= 11 is 0. The van der Waals surface area contributed by atoms with Crippen LogP contribution < -0.4 is 10.6 Å². The van der Waals surface area contributed by atoms with E-state index in [1.54, 1.807) is 6.20 Å². The second-order valence-electron chi connectivity index (χ2n) is 9.70. The van der Waals surface area contributed by atoms with E-state index >= 15 is 0 Å². The first-order valence-corrected chi connectivity index (χ1v) is 11.6. The number of hydrogen-bond acceptors (Lipinski definition) is 7. The number of anilines is 3. The van der Waals surface area contributed by atoms with Gasteiger partial charge in [-0.25, -0.2) is 13.5 Å². The number of nitrogens with zero attached hydrogens (tertiary/aromatic N) is 5. The fourth-order valence-corrected chi connectivity index (χ4v) is 4.03. The van der Waals surface area contributed by atoms with Gasteiger partial charge in [0.1, 0.15) is 17.5 Å². The summed E-state index contributed by atoms with van der Waals surface area (Å²) in [5.41, 5.74) is 1.86. The standard InChI is InChI=1S/C24H28F2N8O/c1-24(2,3)19-11-20(33-32-19)29-21-17-13-28-34(16-6-8-35-9-7-16)22(17)31-23(30-21)27-12-14-4-5-15(25)10-18(14)26/h4-5,10-11,13,16H,6-9,12H2,1-3H3,(H3,27,29,30,31,32,33). The summed E-state index contributed by atoms with van der Waals surface area (Å²) < 4.78 is 34.8. The van der Waals surface area contributed by atoms with E-state index in [0.29, 0.717) is 42.0 Å². The molecule has 1 aromatic carbocycles. The Morgan fingerprint density at radius 1 is 1.14 bits per heavy atom. The fourth-order valence-electron chi connectivity index (χ4n) is 4.03. The highest BCUT2D eigenvalue weighted by atomic mass is 19.1. The lowest BCUT2D eigenvalue weighted by atomic mass is 9.92. The van der Waals surface area contributed by atoms with Crippen LogP contribution in [-0.4, -0.2) is 43.2 Å². The lowest BCUT2D eigenvalue weighted by molar-refractivity contribution is 0.0673. The molecule has 9 nitrogen and oxygen atoms in total. The summed E-state index contributed by atoms with van der Waals surface area (Å²) in [6, 6.07) is 5.58. The molecular formula is C24H28F2N8O. The Kier molecular flexibility index (Phi) is 6.10. The molecule has 0 saturated carbocycles. The highest BCUT2D eigenvalue weighted by molar-refractivity contribution is 5.89. The van der Waals surface area contributed by atoms with Crippen molar-refractivity contribution in [3.8, 4) is 0 Å². The van der Waals surface area contributed by atoms with E-state index in [9.17, 15) is 8.78 Å². The van der Waals surface area contributed by atoms with Gasteiger partial charge in [0, 0.05) is 48.6 Å². The van der Waals surface area contributed by atoms with Gasteiger partial charge in [0.05, 0.1) is 17.6 Å². The number of fused-ring (bicyclic) bond motifs is 1. The molecule has 1 fully saturated rings. The smallest absolute Gasteiger partial charge is 0.227 e. The van der Waals surface area contributed by atoms with Crippen molar-refractivity contribution in [3.05, 3.63) is 53.4 Å². The van der Waals surface area contributed by atoms with Gasteiger partial charge >= 0.3 is 0 Å². The number of nitrogens with one attached hydrogen (secondary N) is 3. The molecule has 0 spiro atoms. The van der Waals surface area contributed by atoms with E-state index in [1.165, 1.54) is 12.1 Å². The molecule has 11 heteroatoms. The molecule has 4 aromatic rings. The van der Waals surface area contributed by atoms with Gasteiger partial charge < -0.3 is 15.4 Å². The number of halogens is 2. The third-order valence-corrected chi connectivity index (χ3v) is 6.07. The minimum atomic E-state index is -0.629. The van der Waals surface area contributed by atoms with E-state index in [1.807, 2.05) is 10.7 Å². The highest BCUT2D eigenvalue weighted by Crippen LogP contribution is 2.30. The molecule has 3 aromatic heterocycles. The predicted molar refractivity (Wildman–Crippen MR) is 129 cm³/mol. The van der Waals surface area contributed by atoms with Gasteiger partial charge in [0.25, 0.3) is 0 Å². The average molecular weight is 483 g/mol. The van der Waals surface area contributed by atoms with Crippen molar-refractivity contribution in [2.75, 3.05) is 23.8 Å². The predicted octanol–water partition coefficient (Wildman–Crippen LogP) is 4.83. The Hall–Kier alpha value is -3.60. The molecule has 0 radical (unpaired) electrons. The minimum Gasteiger partial charge on any atom is -0.381 e. The van der Waals surface area contributed by atoms with Crippen LogP contribution in [0, 0.1) is 11.6 Å². The Morgan fingerprint density at radius 2 is 1.94 bits per heavy atom. The molecule has 0 bridgehead atoms. The van der Waals surface area contributed by atoms with Crippen molar-refractivity contribution in [1.29, 1.82) is 0 Å². The average Bonchev–Trinajstić information content (AvgIpc) is 3.46. The van der Waals surface area contributed by atoms with Crippen molar-refractivity contribution in [1.82, 2.24) is 29.9 Å². The molecule has 0 amide bonds. The van der Waals surface area contributed by atoms with Crippen LogP contribution in [-0.2, 0) is 16.7 Å². The first-order valence-electron chi connectivity index (χ1n) is 11.6. The van der Waals surface area contributed by atoms with Crippen LogP contribution in [0.5, 0.6) is 0 Å². The van der Waals surface area contributed by atoms with Gasteiger partial charge in [-0.1, -0.05) is 26.8 Å². The first-order chi connectivity index (χ1) is 16.8. The Labute approximate surface area is 201 Å². The number of H-pyrrole nitrogens is 1. The second-order valence-corrected chi connectivity index (χ2v) is 9.70. The van der Waals surface area contributed by atoms with Crippen LogP contribution in [0.1, 0.15) is 50.9 Å². The number of aromatic nitrogens is 6. The summed E-state index contributed by atoms with van der Waals surface area (Å²) in [5.74, 6) is 0.190. The van der Waals surface area contributed by atoms with Crippen LogP contribution in [0.15, 0.2) is 30.5 Å². The maximum Gasteiger partial charge on any atom is 0.227 e. The van der Waals surface area contributed by atoms with Crippen molar-refractivity contribution < 1.29 is 13.5 Å². The maximum atomic E-state index is 14.2. The quantitative estimate of drug-likeness (QED) is 0.361. The molecule has 5 rings (SSSR count). The molecule has 4 heterocycles. The molecule has 1 saturated heterocycles. The molecule has 3 N–H and O–H groups in total. The zero-order chi connectivity index (χ0) is 24.6.